The van der Waals surface area contributed by atoms with Crippen molar-refractivity contribution in [1.29, 1.82) is 0 Å². The minimum Gasteiger partial charge on any atom is -0.497 e. The Morgan fingerprint density at radius 1 is 1.17 bits per heavy atom. The molecule has 150 valence electrons. The summed E-state index contributed by atoms with van der Waals surface area (Å²) in [6.45, 7) is 4.16. The van der Waals surface area contributed by atoms with Crippen LogP contribution < -0.4 is 15.6 Å². The molecule has 2 N–H and O–H groups in total. The lowest BCUT2D eigenvalue weighted by Gasteiger charge is -2.13. The van der Waals surface area contributed by atoms with Crippen LogP contribution in [0.15, 0.2) is 64.5 Å². The number of thioether (sulfide) groups is 1. The first-order valence-corrected chi connectivity index (χ1v) is 10.2. The van der Waals surface area contributed by atoms with E-state index in [1.54, 1.807) is 7.11 Å². The van der Waals surface area contributed by atoms with Crippen LogP contribution in [0.2, 0.25) is 0 Å². The molecule has 0 saturated heterocycles. The maximum atomic E-state index is 12.4. The Morgan fingerprint density at radius 2 is 1.90 bits per heavy atom. The van der Waals surface area contributed by atoms with Gasteiger partial charge in [-0.2, -0.15) is 0 Å². The Balaban J connectivity index is 1.70. The minimum atomic E-state index is -0.265. The first kappa shape index (κ1) is 20.7. The highest BCUT2D eigenvalue weighted by atomic mass is 32.2. The highest BCUT2D eigenvalue weighted by Gasteiger charge is 2.11. The van der Waals surface area contributed by atoms with Gasteiger partial charge in [-0.3, -0.25) is 9.59 Å². The van der Waals surface area contributed by atoms with Crippen molar-refractivity contribution in [3.63, 3.8) is 0 Å². The van der Waals surface area contributed by atoms with Crippen LogP contribution in [0, 0.1) is 0 Å². The number of aromatic amines is 1. The number of carbonyl (C=O) groups is 1. The zero-order chi connectivity index (χ0) is 20.8. The lowest BCUT2D eigenvalue weighted by Crippen LogP contribution is -2.16. The van der Waals surface area contributed by atoms with Crippen molar-refractivity contribution in [2.45, 2.75) is 24.9 Å². The number of para-hydroxylation sites is 1. The number of aromatic nitrogens is 2. The van der Waals surface area contributed by atoms with E-state index in [9.17, 15) is 9.59 Å². The summed E-state index contributed by atoms with van der Waals surface area (Å²) in [7, 11) is 1.60. The van der Waals surface area contributed by atoms with Gasteiger partial charge in [-0.15, -0.1) is 0 Å². The number of hydrogen-bond donors (Lipinski definition) is 2. The standard InChI is InChI=1S/C22H23N3O3S/c1-14(2)17-6-4-5-7-18(17)23-21(27)13-29-22-24-19(12-20(26)25-22)15-8-10-16(28-3)11-9-15/h4-12,14H,13H2,1-3H3,(H,23,27)(H,24,25,26). The molecule has 0 bridgehead atoms. The molecule has 6 nitrogen and oxygen atoms in total. The second-order valence-electron chi connectivity index (χ2n) is 6.74. The van der Waals surface area contributed by atoms with E-state index < -0.39 is 0 Å². The molecule has 0 spiro atoms. The predicted octanol–water partition coefficient (Wildman–Crippen LogP) is 4.30. The predicted molar refractivity (Wildman–Crippen MR) is 117 cm³/mol. The maximum Gasteiger partial charge on any atom is 0.252 e. The average molecular weight is 410 g/mol. The van der Waals surface area contributed by atoms with Gasteiger partial charge in [0, 0.05) is 17.3 Å². The molecule has 1 heterocycles. The largest absolute Gasteiger partial charge is 0.497 e. The lowest BCUT2D eigenvalue weighted by molar-refractivity contribution is -0.113. The molecule has 0 aliphatic carbocycles. The van der Waals surface area contributed by atoms with Crippen LogP contribution in [0.25, 0.3) is 11.3 Å². The SMILES string of the molecule is COc1ccc(-c2cc(=O)[nH]c(SCC(=O)Nc3ccccc3C(C)C)n2)cc1. The topological polar surface area (TPSA) is 84.1 Å². The number of benzene rings is 2. The van der Waals surface area contributed by atoms with Crippen molar-refractivity contribution in [3.05, 3.63) is 70.5 Å². The first-order valence-electron chi connectivity index (χ1n) is 9.23. The second kappa shape index (κ2) is 9.43. The highest BCUT2D eigenvalue weighted by molar-refractivity contribution is 7.99. The van der Waals surface area contributed by atoms with E-state index in [2.05, 4.69) is 29.1 Å². The van der Waals surface area contributed by atoms with Gasteiger partial charge in [-0.25, -0.2) is 4.98 Å². The van der Waals surface area contributed by atoms with E-state index >= 15 is 0 Å². The number of methoxy groups -OCH3 is 1. The Kier molecular flexibility index (Phi) is 6.72. The fraction of sp³-hybridized carbons (Fsp3) is 0.227. The van der Waals surface area contributed by atoms with Crippen molar-refractivity contribution in [2.75, 3.05) is 18.2 Å². The molecule has 2 aromatic carbocycles. The molecule has 7 heteroatoms. The number of rotatable bonds is 7. The number of anilines is 1. The number of nitrogens with one attached hydrogen (secondary N) is 2. The molecule has 1 aromatic heterocycles. The van der Waals surface area contributed by atoms with E-state index in [1.807, 2.05) is 48.5 Å². The summed E-state index contributed by atoms with van der Waals surface area (Å²) in [6.07, 6.45) is 0. The summed E-state index contributed by atoms with van der Waals surface area (Å²) in [6, 6.07) is 16.5. The van der Waals surface area contributed by atoms with E-state index in [0.717, 1.165) is 22.6 Å². The number of ether oxygens (including phenoxy) is 1. The summed E-state index contributed by atoms with van der Waals surface area (Å²) < 4.78 is 5.15. The van der Waals surface area contributed by atoms with Crippen molar-refractivity contribution in [1.82, 2.24) is 9.97 Å². The lowest BCUT2D eigenvalue weighted by atomic mass is 10.0. The molecule has 3 rings (SSSR count). The molecule has 29 heavy (non-hydrogen) atoms. The average Bonchev–Trinajstić information content (AvgIpc) is 2.72. The number of carbonyl (C=O) groups excluding carboxylic acids is 1. The maximum absolute atomic E-state index is 12.4. The smallest absolute Gasteiger partial charge is 0.252 e. The normalized spacial score (nSPS) is 10.8. The van der Waals surface area contributed by atoms with Crippen LogP contribution in [-0.4, -0.2) is 28.7 Å². The van der Waals surface area contributed by atoms with Gasteiger partial charge in [0.2, 0.25) is 5.91 Å². The summed E-state index contributed by atoms with van der Waals surface area (Å²) in [5, 5.41) is 3.34. The molecule has 0 saturated carbocycles. The summed E-state index contributed by atoms with van der Waals surface area (Å²) in [5.41, 5.74) is 2.97. The van der Waals surface area contributed by atoms with Crippen LogP contribution in [0.5, 0.6) is 5.75 Å². The van der Waals surface area contributed by atoms with E-state index in [0.29, 0.717) is 16.8 Å². The second-order valence-corrected chi connectivity index (χ2v) is 7.71. The summed E-state index contributed by atoms with van der Waals surface area (Å²) in [4.78, 5) is 31.6. The van der Waals surface area contributed by atoms with Gasteiger partial charge in [0.25, 0.3) is 5.56 Å². The van der Waals surface area contributed by atoms with Crippen LogP contribution in [-0.2, 0) is 4.79 Å². The third-order valence-electron chi connectivity index (χ3n) is 4.30. The minimum absolute atomic E-state index is 0.140. The van der Waals surface area contributed by atoms with Gasteiger partial charge >= 0.3 is 0 Å². The van der Waals surface area contributed by atoms with Gasteiger partial charge in [-0.05, 0) is 41.8 Å². The summed E-state index contributed by atoms with van der Waals surface area (Å²) >= 11 is 1.19. The van der Waals surface area contributed by atoms with Gasteiger partial charge in [0.05, 0.1) is 18.6 Å². The van der Waals surface area contributed by atoms with Crippen molar-refractivity contribution in [2.24, 2.45) is 0 Å². The van der Waals surface area contributed by atoms with E-state index in [4.69, 9.17) is 4.74 Å². The molecule has 0 fully saturated rings. The number of hydrogen-bond acceptors (Lipinski definition) is 5. The molecule has 0 radical (unpaired) electrons. The zero-order valence-corrected chi connectivity index (χ0v) is 17.4. The quantitative estimate of drug-likeness (QED) is 0.449. The third-order valence-corrected chi connectivity index (χ3v) is 5.18. The molecule has 0 aliphatic heterocycles. The van der Waals surface area contributed by atoms with Crippen molar-refractivity contribution < 1.29 is 9.53 Å². The Bertz CT molecular complexity index is 1050. The van der Waals surface area contributed by atoms with E-state index in [-0.39, 0.29) is 17.2 Å². The molecule has 0 aliphatic rings. The monoisotopic (exact) mass is 409 g/mol. The molecular weight excluding hydrogens is 386 g/mol. The van der Waals surface area contributed by atoms with Gasteiger partial charge < -0.3 is 15.0 Å². The number of H-pyrrole nitrogens is 1. The summed E-state index contributed by atoms with van der Waals surface area (Å²) in [5.74, 6) is 1.02. The van der Waals surface area contributed by atoms with Crippen LogP contribution >= 0.6 is 11.8 Å². The van der Waals surface area contributed by atoms with Gasteiger partial charge in [0.15, 0.2) is 5.16 Å². The Labute approximate surface area is 173 Å². The van der Waals surface area contributed by atoms with Crippen molar-refractivity contribution in [3.8, 4) is 17.0 Å². The van der Waals surface area contributed by atoms with Crippen molar-refractivity contribution >= 4 is 23.4 Å². The molecule has 0 unspecified atom stereocenters. The van der Waals surface area contributed by atoms with Crippen LogP contribution in [0.3, 0.4) is 0 Å². The van der Waals surface area contributed by atoms with Gasteiger partial charge in [0.1, 0.15) is 5.75 Å². The van der Waals surface area contributed by atoms with Gasteiger partial charge in [-0.1, -0.05) is 43.8 Å². The Hall–Kier alpha value is -3.06. The van der Waals surface area contributed by atoms with E-state index in [1.165, 1.54) is 17.8 Å². The molecule has 0 atom stereocenters. The number of nitrogens with zero attached hydrogens (tertiary/aromatic N) is 1. The number of amides is 1. The highest BCUT2D eigenvalue weighted by Crippen LogP contribution is 2.25. The molecule has 1 amide bonds. The van der Waals surface area contributed by atoms with Crippen LogP contribution in [0.1, 0.15) is 25.3 Å². The zero-order valence-electron chi connectivity index (χ0n) is 16.6. The molecular formula is C22H23N3O3S. The molecule has 3 aromatic rings. The Morgan fingerprint density at radius 3 is 2.59 bits per heavy atom. The fourth-order valence-electron chi connectivity index (χ4n) is 2.85. The fourth-order valence-corrected chi connectivity index (χ4v) is 3.52. The third kappa shape index (κ3) is 5.48. The first-order chi connectivity index (χ1) is 14.0. The van der Waals surface area contributed by atoms with Crippen LogP contribution in [0.4, 0.5) is 5.69 Å².